The fourth-order valence-electron chi connectivity index (χ4n) is 4.02. The summed E-state index contributed by atoms with van der Waals surface area (Å²) in [6.07, 6.45) is 4.12. The molecule has 0 amide bonds. The van der Waals surface area contributed by atoms with E-state index in [4.69, 9.17) is 19.3 Å². The van der Waals surface area contributed by atoms with Crippen LogP contribution in [0.1, 0.15) is 42.4 Å². The zero-order valence-corrected chi connectivity index (χ0v) is 20.6. The lowest BCUT2D eigenvalue weighted by Crippen LogP contribution is -2.26. The molecule has 0 aliphatic heterocycles. The Kier molecular flexibility index (Phi) is 9.52. The lowest BCUT2D eigenvalue weighted by atomic mass is 9.84. The first-order valence-electron chi connectivity index (χ1n) is 11.4. The minimum Gasteiger partial charge on any atom is -0.497 e. The number of rotatable bonds is 13. The van der Waals surface area contributed by atoms with Gasteiger partial charge >= 0.3 is 0 Å². The third-order valence-corrected chi connectivity index (χ3v) is 7.49. The summed E-state index contributed by atoms with van der Waals surface area (Å²) in [6.45, 7) is 0.265. The van der Waals surface area contributed by atoms with Crippen LogP contribution in [0.3, 0.4) is 0 Å². The highest BCUT2D eigenvalue weighted by atomic mass is 32.2. The number of thioether (sulfide) groups is 1. The molecule has 1 N–H and O–H groups in total. The summed E-state index contributed by atoms with van der Waals surface area (Å²) in [7, 11) is 5.07. The molecule has 4 nitrogen and oxygen atoms in total. The Hall–Kier alpha value is -2.63. The molecule has 0 atom stereocenters. The van der Waals surface area contributed by atoms with Gasteiger partial charge in [-0.05, 0) is 71.7 Å². The second-order valence-electron chi connectivity index (χ2n) is 7.85. The van der Waals surface area contributed by atoms with Gasteiger partial charge in [0.2, 0.25) is 0 Å². The monoisotopic (exact) mass is 466 g/mol. The average Bonchev–Trinajstić information content (AvgIpc) is 2.89. The summed E-state index contributed by atoms with van der Waals surface area (Å²) >= 11 is 1.94. The fraction of sp³-hybridized carbons (Fsp3) is 0.357. The third kappa shape index (κ3) is 6.04. The maximum Gasteiger partial charge on any atom is 0.118 e. The predicted molar refractivity (Wildman–Crippen MR) is 137 cm³/mol. The third-order valence-electron chi connectivity index (χ3n) is 5.86. The first-order chi connectivity index (χ1) is 16.2. The van der Waals surface area contributed by atoms with E-state index >= 15 is 0 Å². The highest BCUT2D eigenvalue weighted by molar-refractivity contribution is 8.00. The second-order valence-corrected chi connectivity index (χ2v) is 9.16. The van der Waals surface area contributed by atoms with Gasteiger partial charge in [-0.15, -0.1) is 11.8 Å². The highest BCUT2D eigenvalue weighted by Crippen LogP contribution is 2.49. The number of hydrogen-bond acceptors (Lipinski definition) is 5. The van der Waals surface area contributed by atoms with Gasteiger partial charge in [0.15, 0.2) is 0 Å². The van der Waals surface area contributed by atoms with Crippen LogP contribution < -0.4 is 14.2 Å². The average molecular weight is 467 g/mol. The Morgan fingerprint density at radius 3 is 1.27 bits per heavy atom. The van der Waals surface area contributed by atoms with Crippen molar-refractivity contribution in [3.05, 3.63) is 89.5 Å². The summed E-state index contributed by atoms with van der Waals surface area (Å²) < 4.78 is 15.9. The van der Waals surface area contributed by atoms with E-state index in [0.29, 0.717) is 0 Å². The van der Waals surface area contributed by atoms with E-state index < -0.39 is 4.75 Å². The van der Waals surface area contributed by atoms with Gasteiger partial charge in [-0.3, -0.25) is 0 Å². The Morgan fingerprint density at radius 1 is 0.576 bits per heavy atom. The van der Waals surface area contributed by atoms with E-state index in [-0.39, 0.29) is 6.61 Å². The van der Waals surface area contributed by atoms with E-state index in [1.807, 2.05) is 48.2 Å². The van der Waals surface area contributed by atoms with Crippen molar-refractivity contribution >= 4 is 11.8 Å². The Balaban J connectivity index is 2.08. The Bertz CT molecular complexity index is 837. The van der Waals surface area contributed by atoms with Crippen molar-refractivity contribution in [2.24, 2.45) is 0 Å². The molecule has 5 heteroatoms. The molecule has 0 bridgehead atoms. The van der Waals surface area contributed by atoms with E-state index in [1.165, 1.54) is 16.7 Å². The molecular weight excluding hydrogens is 432 g/mol. The van der Waals surface area contributed by atoms with Gasteiger partial charge in [0.05, 0.1) is 26.1 Å². The molecule has 0 saturated carbocycles. The SMILES string of the molecule is COc1ccc(C(SCCCCCCO)(c2ccc(OC)cc2)c2ccc(OC)cc2)cc1. The summed E-state index contributed by atoms with van der Waals surface area (Å²) in [4.78, 5) is 0. The van der Waals surface area contributed by atoms with Crippen molar-refractivity contribution in [2.45, 2.75) is 30.4 Å². The Morgan fingerprint density at radius 2 is 0.939 bits per heavy atom. The van der Waals surface area contributed by atoms with Gasteiger partial charge in [0, 0.05) is 6.61 Å². The molecule has 0 fully saturated rings. The summed E-state index contributed by atoms with van der Waals surface area (Å²) in [5, 5.41) is 9.09. The van der Waals surface area contributed by atoms with Gasteiger partial charge < -0.3 is 19.3 Å². The molecule has 0 aromatic heterocycles. The molecule has 0 unspecified atom stereocenters. The Labute approximate surface area is 201 Å². The first-order valence-corrected chi connectivity index (χ1v) is 12.3. The van der Waals surface area contributed by atoms with Gasteiger partial charge in [-0.2, -0.15) is 0 Å². The predicted octanol–water partition coefficient (Wildman–Crippen LogP) is 6.29. The van der Waals surface area contributed by atoms with Gasteiger partial charge in [-0.1, -0.05) is 49.2 Å². The second kappa shape index (κ2) is 12.6. The number of hydrogen-bond donors (Lipinski definition) is 1. The lowest BCUT2D eigenvalue weighted by molar-refractivity contribution is 0.283. The number of aliphatic hydroxyl groups is 1. The molecule has 0 aliphatic carbocycles. The van der Waals surface area contributed by atoms with Crippen molar-refractivity contribution in [1.29, 1.82) is 0 Å². The molecule has 0 heterocycles. The van der Waals surface area contributed by atoms with Gasteiger partial charge in [0.1, 0.15) is 17.2 Å². The van der Waals surface area contributed by atoms with Crippen LogP contribution in [0.4, 0.5) is 0 Å². The molecule has 0 spiro atoms. The summed E-state index contributed by atoms with van der Waals surface area (Å²) in [5.41, 5.74) is 3.58. The molecule has 0 saturated heterocycles. The van der Waals surface area contributed by atoms with Crippen molar-refractivity contribution < 1.29 is 19.3 Å². The molecule has 3 aromatic carbocycles. The minimum atomic E-state index is -0.401. The van der Waals surface area contributed by atoms with Crippen LogP contribution in [-0.2, 0) is 4.75 Å². The van der Waals surface area contributed by atoms with Crippen molar-refractivity contribution in [1.82, 2.24) is 0 Å². The number of aliphatic hydroxyl groups excluding tert-OH is 1. The van der Waals surface area contributed by atoms with Crippen molar-refractivity contribution in [2.75, 3.05) is 33.7 Å². The summed E-state index contributed by atoms with van der Waals surface area (Å²) in [5.74, 6) is 3.51. The van der Waals surface area contributed by atoms with Crippen LogP contribution in [0.5, 0.6) is 17.2 Å². The normalized spacial score (nSPS) is 11.3. The van der Waals surface area contributed by atoms with Gasteiger partial charge in [0.25, 0.3) is 0 Å². The van der Waals surface area contributed by atoms with Crippen molar-refractivity contribution in [3.63, 3.8) is 0 Å². The maximum atomic E-state index is 9.09. The van der Waals surface area contributed by atoms with E-state index in [9.17, 15) is 0 Å². The molecule has 0 aliphatic rings. The lowest BCUT2D eigenvalue weighted by Gasteiger charge is -2.36. The first kappa shape index (κ1) is 25.0. The highest BCUT2D eigenvalue weighted by Gasteiger charge is 2.37. The smallest absolute Gasteiger partial charge is 0.118 e. The molecule has 3 aromatic rings. The van der Waals surface area contributed by atoms with Crippen LogP contribution in [-0.4, -0.2) is 38.8 Å². The van der Waals surface area contributed by atoms with Crippen molar-refractivity contribution in [3.8, 4) is 17.2 Å². The quantitative estimate of drug-likeness (QED) is 0.237. The zero-order valence-electron chi connectivity index (χ0n) is 19.8. The molecular formula is C28H34O4S. The molecule has 33 heavy (non-hydrogen) atoms. The topological polar surface area (TPSA) is 47.9 Å². The fourth-order valence-corrected chi connectivity index (χ4v) is 5.58. The number of unbranched alkanes of at least 4 members (excludes halogenated alkanes) is 3. The van der Waals surface area contributed by atoms with E-state index in [1.54, 1.807) is 21.3 Å². The number of methoxy groups -OCH3 is 3. The maximum absolute atomic E-state index is 9.09. The van der Waals surface area contributed by atoms with Gasteiger partial charge in [-0.25, -0.2) is 0 Å². The minimum absolute atomic E-state index is 0.265. The van der Waals surface area contributed by atoms with Crippen LogP contribution >= 0.6 is 11.8 Å². The number of benzene rings is 3. The largest absolute Gasteiger partial charge is 0.497 e. The zero-order chi connectivity index (χ0) is 23.5. The molecule has 3 rings (SSSR count). The summed E-state index contributed by atoms with van der Waals surface area (Å²) in [6, 6.07) is 25.1. The molecule has 0 radical (unpaired) electrons. The van der Waals surface area contributed by atoms with E-state index in [2.05, 4.69) is 36.4 Å². The number of ether oxygens (including phenoxy) is 3. The van der Waals surface area contributed by atoms with Crippen LogP contribution in [0.2, 0.25) is 0 Å². The standard InChI is InChI=1S/C28H34O4S/c1-30-25-14-8-22(9-15-25)28(33-21-7-5-4-6-20-29,23-10-16-26(31-2)17-11-23)24-12-18-27(32-3)19-13-24/h8-19,29H,4-7,20-21H2,1-3H3. The van der Waals surface area contributed by atoms with Crippen LogP contribution in [0.15, 0.2) is 72.8 Å². The van der Waals surface area contributed by atoms with Crippen LogP contribution in [0.25, 0.3) is 0 Å². The van der Waals surface area contributed by atoms with E-state index in [0.717, 1.165) is 48.7 Å². The van der Waals surface area contributed by atoms with Crippen LogP contribution in [0, 0.1) is 0 Å². The molecule has 176 valence electrons.